The molecule has 4 atom stereocenters. The van der Waals surface area contributed by atoms with Gasteiger partial charge in [0, 0.05) is 12.8 Å². The molecule has 0 bridgehead atoms. The lowest BCUT2D eigenvalue weighted by Gasteiger charge is -2.27. The number of nitrogens with two attached hydrogens (primary N) is 1. The number of carbonyl (C=O) groups excluding carboxylic acids is 3. The zero-order chi connectivity index (χ0) is 30.7. The molecule has 41 heavy (non-hydrogen) atoms. The van der Waals surface area contributed by atoms with E-state index in [0.29, 0.717) is 11.1 Å². The van der Waals surface area contributed by atoms with E-state index in [1.54, 1.807) is 26.0 Å². The van der Waals surface area contributed by atoms with Gasteiger partial charge in [-0.05, 0) is 54.2 Å². The smallest absolute Gasteiger partial charge is 0.326 e. The number of benzene rings is 2. The molecule has 0 aromatic heterocycles. The van der Waals surface area contributed by atoms with Crippen molar-refractivity contribution in [3.8, 4) is 11.5 Å². The summed E-state index contributed by atoms with van der Waals surface area (Å²) in [6.07, 6.45) is -0.841. The lowest BCUT2D eigenvalue weighted by atomic mass is 10.00. The fourth-order valence-corrected chi connectivity index (χ4v) is 3.91. The van der Waals surface area contributed by atoms with E-state index in [0.717, 1.165) is 0 Å². The number of carboxylic acid groups (broad SMARTS) is 2. The third kappa shape index (κ3) is 10.8. The highest BCUT2D eigenvalue weighted by atomic mass is 16.4. The zero-order valence-corrected chi connectivity index (χ0v) is 22.7. The van der Waals surface area contributed by atoms with Crippen molar-refractivity contribution in [2.24, 2.45) is 11.7 Å². The Morgan fingerprint density at radius 3 is 1.66 bits per heavy atom. The second kappa shape index (κ2) is 15.2. The van der Waals surface area contributed by atoms with Gasteiger partial charge in [0.15, 0.2) is 0 Å². The first kappa shape index (κ1) is 32.6. The van der Waals surface area contributed by atoms with Crippen LogP contribution < -0.4 is 21.7 Å². The molecule has 0 aliphatic heterocycles. The molecule has 0 heterocycles. The fourth-order valence-electron chi connectivity index (χ4n) is 3.91. The summed E-state index contributed by atoms with van der Waals surface area (Å²) in [6.45, 7) is 3.31. The number of hydrogen-bond acceptors (Lipinski definition) is 8. The predicted octanol–water partition coefficient (Wildman–Crippen LogP) is 0.270. The quantitative estimate of drug-likeness (QED) is 0.145. The van der Waals surface area contributed by atoms with Crippen LogP contribution in [0, 0.1) is 5.92 Å². The van der Waals surface area contributed by atoms with Gasteiger partial charge in [0.05, 0.1) is 6.04 Å². The average Bonchev–Trinajstić information content (AvgIpc) is 2.90. The van der Waals surface area contributed by atoms with Crippen LogP contribution in [0.5, 0.6) is 11.5 Å². The number of aliphatic carboxylic acids is 2. The molecule has 0 saturated carbocycles. The maximum absolute atomic E-state index is 13.2. The highest BCUT2D eigenvalue weighted by Gasteiger charge is 2.32. The summed E-state index contributed by atoms with van der Waals surface area (Å²) < 4.78 is 0. The molecule has 9 N–H and O–H groups in total. The van der Waals surface area contributed by atoms with Crippen LogP contribution in [-0.2, 0) is 36.8 Å². The first-order chi connectivity index (χ1) is 19.3. The van der Waals surface area contributed by atoms with Gasteiger partial charge in [-0.2, -0.15) is 0 Å². The largest absolute Gasteiger partial charge is 0.508 e. The van der Waals surface area contributed by atoms with Gasteiger partial charge in [-0.1, -0.05) is 38.1 Å². The first-order valence-corrected chi connectivity index (χ1v) is 12.9. The Balaban J connectivity index is 2.12. The molecule has 222 valence electrons. The van der Waals surface area contributed by atoms with Crippen LogP contribution in [0.3, 0.4) is 0 Å². The van der Waals surface area contributed by atoms with Gasteiger partial charge in [-0.3, -0.25) is 19.2 Å². The number of carboxylic acids is 2. The van der Waals surface area contributed by atoms with Crippen molar-refractivity contribution in [2.75, 3.05) is 0 Å². The van der Waals surface area contributed by atoms with Crippen LogP contribution in [-0.4, -0.2) is 74.3 Å². The van der Waals surface area contributed by atoms with Gasteiger partial charge < -0.3 is 42.1 Å². The maximum Gasteiger partial charge on any atom is 0.326 e. The number of amides is 3. The standard InChI is InChI=1S/C28H36N4O9/c1-15(2)24(32-25(37)20(29)13-16-3-7-18(33)8-4-16)27(39)30-21(11-12-23(35)36)26(38)31-22(28(40)41)14-17-5-9-19(34)10-6-17/h3-10,15,20-22,24,33-34H,11-14,29H2,1-2H3,(H,30,39)(H,31,38)(H,32,37)(H,35,36)(H,40,41). The number of rotatable bonds is 15. The predicted molar refractivity (Wildman–Crippen MR) is 147 cm³/mol. The molecule has 2 aromatic carbocycles. The number of aromatic hydroxyl groups is 2. The number of phenolic OH excluding ortho intramolecular Hbond substituents is 2. The van der Waals surface area contributed by atoms with E-state index in [1.165, 1.54) is 36.4 Å². The second-order valence-electron chi connectivity index (χ2n) is 9.97. The monoisotopic (exact) mass is 572 g/mol. The Labute approximate surface area is 236 Å². The lowest BCUT2D eigenvalue weighted by molar-refractivity contribution is -0.143. The highest BCUT2D eigenvalue weighted by Crippen LogP contribution is 2.13. The molecule has 0 aliphatic rings. The minimum atomic E-state index is -1.41. The summed E-state index contributed by atoms with van der Waals surface area (Å²) in [7, 11) is 0. The van der Waals surface area contributed by atoms with Crippen LogP contribution in [0.2, 0.25) is 0 Å². The lowest BCUT2D eigenvalue weighted by Crippen LogP contribution is -2.58. The van der Waals surface area contributed by atoms with Crippen molar-refractivity contribution in [3.05, 3.63) is 59.7 Å². The average molecular weight is 573 g/mol. The van der Waals surface area contributed by atoms with Crippen LogP contribution in [0.1, 0.15) is 37.8 Å². The normalized spacial score (nSPS) is 13.9. The second-order valence-corrected chi connectivity index (χ2v) is 9.97. The summed E-state index contributed by atoms with van der Waals surface area (Å²) in [5, 5.41) is 45.0. The molecule has 13 heteroatoms. The summed E-state index contributed by atoms with van der Waals surface area (Å²) in [6, 6.07) is 6.83. The molecule has 0 aliphatic carbocycles. The Morgan fingerprint density at radius 1 is 0.707 bits per heavy atom. The molecule has 2 rings (SSSR count). The van der Waals surface area contributed by atoms with Crippen LogP contribution >= 0.6 is 0 Å². The van der Waals surface area contributed by atoms with Crippen LogP contribution in [0.15, 0.2) is 48.5 Å². The molecule has 13 nitrogen and oxygen atoms in total. The van der Waals surface area contributed by atoms with Gasteiger partial charge in [-0.25, -0.2) is 4.79 Å². The molecule has 4 unspecified atom stereocenters. The van der Waals surface area contributed by atoms with Crippen molar-refractivity contribution >= 4 is 29.7 Å². The number of hydrogen-bond donors (Lipinski definition) is 8. The minimum Gasteiger partial charge on any atom is -0.508 e. The number of nitrogens with one attached hydrogen (secondary N) is 3. The molecule has 0 fully saturated rings. The molecule has 0 spiro atoms. The van der Waals surface area contributed by atoms with E-state index >= 15 is 0 Å². The number of carbonyl (C=O) groups is 5. The van der Waals surface area contributed by atoms with Gasteiger partial charge >= 0.3 is 11.9 Å². The number of phenols is 2. The minimum absolute atomic E-state index is 0.0192. The zero-order valence-electron chi connectivity index (χ0n) is 22.7. The first-order valence-electron chi connectivity index (χ1n) is 12.9. The maximum atomic E-state index is 13.2. The summed E-state index contributed by atoms with van der Waals surface area (Å²) >= 11 is 0. The van der Waals surface area contributed by atoms with E-state index in [2.05, 4.69) is 16.0 Å². The van der Waals surface area contributed by atoms with Crippen molar-refractivity contribution in [1.82, 2.24) is 16.0 Å². The van der Waals surface area contributed by atoms with Crippen LogP contribution in [0.25, 0.3) is 0 Å². The van der Waals surface area contributed by atoms with Gasteiger partial charge in [0.25, 0.3) is 0 Å². The fraction of sp³-hybridized carbons (Fsp3) is 0.393. The third-order valence-corrected chi connectivity index (χ3v) is 6.25. The van der Waals surface area contributed by atoms with E-state index in [1.807, 2.05) is 0 Å². The summed E-state index contributed by atoms with van der Waals surface area (Å²) in [4.78, 5) is 62.0. The van der Waals surface area contributed by atoms with E-state index < -0.39 is 66.2 Å². The van der Waals surface area contributed by atoms with Crippen molar-refractivity contribution in [1.29, 1.82) is 0 Å². The molecule has 3 amide bonds. The van der Waals surface area contributed by atoms with Crippen LogP contribution in [0.4, 0.5) is 0 Å². The van der Waals surface area contributed by atoms with Crippen molar-refractivity contribution in [2.45, 2.75) is 63.7 Å². The topological polar surface area (TPSA) is 228 Å². The van der Waals surface area contributed by atoms with Gasteiger partial charge in [0.2, 0.25) is 17.7 Å². The van der Waals surface area contributed by atoms with E-state index in [4.69, 9.17) is 10.8 Å². The Hall–Kier alpha value is -4.65. The Bertz CT molecular complexity index is 1220. The van der Waals surface area contributed by atoms with Crippen molar-refractivity contribution in [3.63, 3.8) is 0 Å². The molecular weight excluding hydrogens is 536 g/mol. The SMILES string of the molecule is CC(C)C(NC(=O)C(N)Cc1ccc(O)cc1)C(=O)NC(CCC(=O)O)C(=O)NC(Cc1ccc(O)cc1)C(=O)O. The Kier molecular flexibility index (Phi) is 12.1. The molecule has 2 aromatic rings. The molecular formula is C28H36N4O9. The Morgan fingerprint density at radius 2 is 1.20 bits per heavy atom. The van der Waals surface area contributed by atoms with Gasteiger partial charge in [-0.15, -0.1) is 0 Å². The highest BCUT2D eigenvalue weighted by molar-refractivity contribution is 5.94. The van der Waals surface area contributed by atoms with E-state index in [9.17, 15) is 39.3 Å². The van der Waals surface area contributed by atoms with E-state index in [-0.39, 0.29) is 30.8 Å². The summed E-state index contributed by atoms with van der Waals surface area (Å²) in [5.74, 6) is -5.34. The van der Waals surface area contributed by atoms with Crippen molar-refractivity contribution < 1.29 is 44.4 Å². The molecule has 0 saturated heterocycles. The summed E-state index contributed by atoms with van der Waals surface area (Å²) in [5.41, 5.74) is 7.21. The third-order valence-electron chi connectivity index (χ3n) is 6.25. The van der Waals surface area contributed by atoms with Gasteiger partial charge in [0.1, 0.15) is 29.6 Å². The molecule has 0 radical (unpaired) electrons.